The number of hydrogen-bond donors (Lipinski definition) is 1. The van der Waals surface area contributed by atoms with E-state index in [9.17, 15) is 10.1 Å². The van der Waals surface area contributed by atoms with Crippen LogP contribution in [0, 0.1) is 18.5 Å². The number of hydrogen-bond acceptors (Lipinski definition) is 3. The van der Waals surface area contributed by atoms with Gasteiger partial charge in [0.1, 0.15) is 17.4 Å². The second kappa shape index (κ2) is 8.82. The molecule has 0 radical (unpaired) electrons. The van der Waals surface area contributed by atoms with Crippen LogP contribution in [-0.4, -0.2) is 13.0 Å². The highest BCUT2D eigenvalue weighted by molar-refractivity contribution is 14.1. The van der Waals surface area contributed by atoms with E-state index in [1.807, 2.05) is 30.3 Å². The van der Waals surface area contributed by atoms with Crippen molar-refractivity contribution in [2.24, 2.45) is 0 Å². The van der Waals surface area contributed by atoms with E-state index >= 15 is 0 Å². The summed E-state index contributed by atoms with van der Waals surface area (Å²) in [6.45, 7) is 0. The van der Waals surface area contributed by atoms with Gasteiger partial charge in [-0.1, -0.05) is 22.0 Å². The first kappa shape index (κ1) is 19.2. The van der Waals surface area contributed by atoms with Gasteiger partial charge in [-0.15, -0.1) is 0 Å². The lowest BCUT2D eigenvalue weighted by atomic mass is 10.1. The van der Waals surface area contributed by atoms with Crippen LogP contribution < -0.4 is 10.1 Å². The van der Waals surface area contributed by atoms with E-state index in [2.05, 4.69) is 66.4 Å². The molecule has 0 bridgehead atoms. The molecule has 0 unspecified atom stereocenters. The van der Waals surface area contributed by atoms with Crippen LogP contribution in [0.1, 0.15) is 5.56 Å². The summed E-state index contributed by atoms with van der Waals surface area (Å²) in [5, 5.41) is 12.0. The molecule has 2 aromatic rings. The van der Waals surface area contributed by atoms with Crippen LogP contribution in [-0.2, 0) is 4.79 Å². The Labute approximate surface area is 175 Å². The van der Waals surface area contributed by atoms with Gasteiger partial charge < -0.3 is 10.1 Å². The van der Waals surface area contributed by atoms with Gasteiger partial charge in [0.25, 0.3) is 5.91 Å². The number of anilines is 1. The number of carbonyl (C=O) groups is 1. The molecular formula is C17H11BrI2N2O2. The molecule has 2 aromatic carbocycles. The fraction of sp³-hybridized carbons (Fsp3) is 0.0588. The number of amides is 1. The van der Waals surface area contributed by atoms with Crippen molar-refractivity contribution in [1.29, 1.82) is 5.26 Å². The number of nitriles is 1. The SMILES string of the molecule is COc1c(I)cc(/C=C(/C#N)C(=O)Nc2cccc(Br)c2)cc1I. The second-order valence-corrected chi connectivity index (χ2v) is 7.89. The fourth-order valence-electron chi connectivity index (χ4n) is 1.94. The molecule has 0 aromatic heterocycles. The monoisotopic (exact) mass is 608 g/mol. The van der Waals surface area contributed by atoms with E-state index in [0.29, 0.717) is 5.69 Å². The van der Waals surface area contributed by atoms with Crippen molar-refractivity contribution < 1.29 is 9.53 Å². The van der Waals surface area contributed by atoms with Crippen LogP contribution in [0.2, 0.25) is 0 Å². The number of nitrogens with one attached hydrogen (secondary N) is 1. The van der Waals surface area contributed by atoms with Gasteiger partial charge in [-0.05, 0) is 87.2 Å². The Bertz CT molecular complexity index is 837. The summed E-state index contributed by atoms with van der Waals surface area (Å²) < 4.78 is 7.99. The maximum Gasteiger partial charge on any atom is 0.266 e. The molecule has 2 rings (SSSR count). The molecule has 0 aliphatic heterocycles. The number of halogens is 3. The summed E-state index contributed by atoms with van der Waals surface area (Å²) >= 11 is 7.67. The average molecular weight is 609 g/mol. The maximum atomic E-state index is 12.3. The molecule has 4 nitrogen and oxygen atoms in total. The minimum atomic E-state index is -0.448. The van der Waals surface area contributed by atoms with Crippen LogP contribution in [0.15, 0.2) is 46.4 Å². The maximum absolute atomic E-state index is 12.3. The number of benzene rings is 2. The third-order valence-electron chi connectivity index (χ3n) is 2.98. The van der Waals surface area contributed by atoms with Crippen molar-refractivity contribution in [3.63, 3.8) is 0 Å². The molecule has 7 heteroatoms. The Balaban J connectivity index is 2.29. The molecule has 0 fully saturated rings. The molecule has 0 spiro atoms. The van der Waals surface area contributed by atoms with E-state index in [0.717, 1.165) is 22.9 Å². The zero-order valence-corrected chi connectivity index (χ0v) is 18.3. The summed E-state index contributed by atoms with van der Waals surface area (Å²) in [6, 6.07) is 12.9. The van der Waals surface area contributed by atoms with Crippen molar-refractivity contribution in [3.05, 3.63) is 59.1 Å². The van der Waals surface area contributed by atoms with E-state index < -0.39 is 5.91 Å². The summed E-state index contributed by atoms with van der Waals surface area (Å²) in [4.78, 5) is 12.3. The molecule has 0 saturated carbocycles. The zero-order valence-electron chi connectivity index (χ0n) is 12.4. The lowest BCUT2D eigenvalue weighted by Crippen LogP contribution is -2.13. The lowest BCUT2D eigenvalue weighted by molar-refractivity contribution is -0.112. The van der Waals surface area contributed by atoms with E-state index in [-0.39, 0.29) is 5.57 Å². The average Bonchev–Trinajstić information content (AvgIpc) is 2.52. The van der Waals surface area contributed by atoms with Crippen LogP contribution in [0.3, 0.4) is 0 Å². The number of rotatable bonds is 4. The number of nitrogens with zero attached hydrogens (tertiary/aromatic N) is 1. The third kappa shape index (κ3) is 4.94. The first-order valence-corrected chi connectivity index (χ1v) is 9.61. The summed E-state index contributed by atoms with van der Waals surface area (Å²) in [5.74, 6) is 0.335. The van der Waals surface area contributed by atoms with Crippen molar-refractivity contribution in [2.75, 3.05) is 12.4 Å². The largest absolute Gasteiger partial charge is 0.495 e. The van der Waals surface area contributed by atoms with Crippen LogP contribution in [0.4, 0.5) is 5.69 Å². The first-order valence-electron chi connectivity index (χ1n) is 6.66. The van der Waals surface area contributed by atoms with Gasteiger partial charge in [-0.3, -0.25) is 4.79 Å². The Morgan fingerprint density at radius 1 is 1.29 bits per heavy atom. The van der Waals surface area contributed by atoms with Gasteiger partial charge in [-0.25, -0.2) is 0 Å². The highest BCUT2D eigenvalue weighted by Crippen LogP contribution is 2.29. The van der Waals surface area contributed by atoms with Crippen molar-refractivity contribution in [2.45, 2.75) is 0 Å². The summed E-state index contributed by atoms with van der Waals surface area (Å²) in [6.07, 6.45) is 1.57. The van der Waals surface area contributed by atoms with Gasteiger partial charge in [0.15, 0.2) is 0 Å². The minimum absolute atomic E-state index is 0.0340. The highest BCUT2D eigenvalue weighted by Gasteiger charge is 2.12. The number of methoxy groups -OCH3 is 1. The minimum Gasteiger partial charge on any atom is -0.495 e. The Hall–Kier alpha value is -1.12. The predicted molar refractivity (Wildman–Crippen MR) is 115 cm³/mol. The topological polar surface area (TPSA) is 62.1 Å². The summed E-state index contributed by atoms with van der Waals surface area (Å²) in [5.41, 5.74) is 1.42. The van der Waals surface area contributed by atoms with E-state index in [1.165, 1.54) is 0 Å². The van der Waals surface area contributed by atoms with Crippen LogP contribution in [0.25, 0.3) is 6.08 Å². The number of carbonyl (C=O) groups excluding carboxylic acids is 1. The quantitative estimate of drug-likeness (QED) is 0.295. The molecule has 122 valence electrons. The molecule has 1 amide bonds. The standard InChI is InChI=1S/C17H11BrI2N2O2/c1-24-16-14(19)6-10(7-15(16)20)5-11(9-21)17(23)22-13-4-2-3-12(18)8-13/h2-8H,1H3,(H,22,23)/b11-5-. The molecule has 24 heavy (non-hydrogen) atoms. The van der Waals surface area contributed by atoms with Crippen molar-refractivity contribution in [3.8, 4) is 11.8 Å². The van der Waals surface area contributed by atoms with Gasteiger partial charge in [-0.2, -0.15) is 5.26 Å². The summed E-state index contributed by atoms with van der Waals surface area (Å²) in [7, 11) is 1.61. The Morgan fingerprint density at radius 2 is 1.96 bits per heavy atom. The van der Waals surface area contributed by atoms with Crippen LogP contribution >= 0.6 is 61.1 Å². The van der Waals surface area contributed by atoms with Gasteiger partial charge in [0.05, 0.1) is 14.3 Å². The van der Waals surface area contributed by atoms with Crippen molar-refractivity contribution >= 4 is 78.8 Å². The second-order valence-electron chi connectivity index (χ2n) is 4.65. The normalized spacial score (nSPS) is 10.9. The molecule has 0 aliphatic carbocycles. The molecular weight excluding hydrogens is 598 g/mol. The Kier molecular flexibility index (Phi) is 7.06. The molecule has 0 aliphatic rings. The number of ether oxygens (including phenoxy) is 1. The van der Waals surface area contributed by atoms with Gasteiger partial charge in [0, 0.05) is 10.2 Å². The molecule has 0 saturated heterocycles. The molecule has 0 atom stereocenters. The smallest absolute Gasteiger partial charge is 0.266 e. The van der Waals surface area contributed by atoms with Crippen LogP contribution in [0.5, 0.6) is 5.75 Å². The molecule has 0 heterocycles. The van der Waals surface area contributed by atoms with Gasteiger partial charge >= 0.3 is 0 Å². The fourth-order valence-corrected chi connectivity index (χ4v) is 4.59. The third-order valence-corrected chi connectivity index (χ3v) is 5.08. The van der Waals surface area contributed by atoms with E-state index in [4.69, 9.17) is 4.74 Å². The van der Waals surface area contributed by atoms with E-state index in [1.54, 1.807) is 25.3 Å². The van der Waals surface area contributed by atoms with Gasteiger partial charge in [0.2, 0.25) is 0 Å². The Morgan fingerprint density at radius 3 is 2.50 bits per heavy atom. The van der Waals surface area contributed by atoms with Crippen molar-refractivity contribution in [1.82, 2.24) is 0 Å². The lowest BCUT2D eigenvalue weighted by Gasteiger charge is -2.08. The highest BCUT2D eigenvalue weighted by atomic mass is 127. The molecule has 1 N–H and O–H groups in total. The predicted octanol–water partition coefficient (Wildman–Crippen LogP) is 5.21. The zero-order chi connectivity index (χ0) is 17.7. The first-order chi connectivity index (χ1) is 11.4.